The smallest absolute Gasteiger partial charge is 0.254 e. The van der Waals surface area contributed by atoms with E-state index in [2.05, 4.69) is 9.97 Å². The lowest BCUT2D eigenvalue weighted by Crippen LogP contribution is -2.31. The minimum absolute atomic E-state index is 0.00819. The van der Waals surface area contributed by atoms with Gasteiger partial charge in [-0.2, -0.15) is 0 Å². The van der Waals surface area contributed by atoms with E-state index < -0.39 is 17.5 Å². The van der Waals surface area contributed by atoms with E-state index >= 15 is 0 Å². The van der Waals surface area contributed by atoms with Gasteiger partial charge in [-0.1, -0.05) is 0 Å². The predicted molar refractivity (Wildman–Crippen MR) is 88.8 cm³/mol. The first-order chi connectivity index (χ1) is 11.9. The van der Waals surface area contributed by atoms with Crippen LogP contribution in [0, 0.1) is 11.6 Å². The van der Waals surface area contributed by atoms with Gasteiger partial charge in [0.25, 0.3) is 5.91 Å². The van der Waals surface area contributed by atoms with Gasteiger partial charge in [0.15, 0.2) is 5.82 Å². The zero-order valence-corrected chi connectivity index (χ0v) is 14.2. The van der Waals surface area contributed by atoms with Crippen LogP contribution in [0.2, 0.25) is 0 Å². The zero-order valence-electron chi connectivity index (χ0n) is 14.2. The van der Waals surface area contributed by atoms with Gasteiger partial charge in [0.2, 0.25) is 0 Å². The molecule has 1 aromatic carbocycles. The molecule has 7 heteroatoms. The molecule has 25 heavy (non-hydrogen) atoms. The second kappa shape index (κ2) is 7.23. The van der Waals surface area contributed by atoms with Gasteiger partial charge in [0.1, 0.15) is 11.6 Å². The molecule has 0 N–H and O–H groups in total. The van der Waals surface area contributed by atoms with E-state index in [0.717, 1.165) is 36.7 Å². The van der Waals surface area contributed by atoms with Gasteiger partial charge in [-0.3, -0.25) is 4.79 Å². The summed E-state index contributed by atoms with van der Waals surface area (Å²) in [5.41, 5.74) is 0.875. The predicted octanol–water partition coefficient (Wildman–Crippen LogP) is 2.79. The average molecular weight is 346 g/mol. The van der Waals surface area contributed by atoms with E-state index in [4.69, 9.17) is 0 Å². The van der Waals surface area contributed by atoms with Gasteiger partial charge in [-0.05, 0) is 45.1 Å². The van der Waals surface area contributed by atoms with E-state index in [9.17, 15) is 13.6 Å². The molecule has 3 rings (SSSR count). The van der Waals surface area contributed by atoms with Crippen LogP contribution in [0.1, 0.15) is 40.8 Å². The van der Waals surface area contributed by atoms with E-state index in [1.807, 2.05) is 25.1 Å². The molecule has 1 atom stereocenters. The first-order valence-corrected chi connectivity index (χ1v) is 8.17. The van der Waals surface area contributed by atoms with Gasteiger partial charge >= 0.3 is 0 Å². The number of carbonyl (C=O) groups is 1. The zero-order chi connectivity index (χ0) is 18.0. The first kappa shape index (κ1) is 17.4. The number of nitrogens with zero attached hydrogens (tertiary/aromatic N) is 4. The molecule has 1 aliphatic rings. The van der Waals surface area contributed by atoms with Crippen molar-refractivity contribution in [3.8, 4) is 0 Å². The largest absolute Gasteiger partial charge is 0.328 e. The van der Waals surface area contributed by atoms with E-state index in [0.29, 0.717) is 18.9 Å². The normalized spacial score (nSPS) is 17.3. The van der Waals surface area contributed by atoms with Crippen molar-refractivity contribution in [1.82, 2.24) is 19.8 Å². The Bertz CT molecular complexity index is 761. The number of benzene rings is 1. The summed E-state index contributed by atoms with van der Waals surface area (Å²) in [4.78, 5) is 25.2. The number of likely N-dealkylation sites (tertiary alicyclic amines) is 1. The Hall–Kier alpha value is -2.41. The van der Waals surface area contributed by atoms with Crippen LogP contribution in [-0.2, 0) is 6.54 Å². The SMILES string of the molecule is CN(C)Cc1ccnc(C2CCCN2C(=O)c2cc(F)cc(F)c2)n1. The third-order valence-electron chi connectivity index (χ3n) is 4.13. The van der Waals surface area contributed by atoms with E-state index in [-0.39, 0.29) is 11.6 Å². The molecule has 1 fully saturated rings. The maximum absolute atomic E-state index is 13.4. The van der Waals surface area contributed by atoms with Crippen molar-refractivity contribution in [2.45, 2.75) is 25.4 Å². The molecule has 132 valence electrons. The summed E-state index contributed by atoms with van der Waals surface area (Å²) in [6.45, 7) is 1.19. The minimum Gasteiger partial charge on any atom is -0.328 e. The molecule has 2 heterocycles. The van der Waals surface area contributed by atoms with Gasteiger partial charge < -0.3 is 9.80 Å². The minimum atomic E-state index is -0.761. The van der Waals surface area contributed by atoms with Crippen molar-refractivity contribution in [2.75, 3.05) is 20.6 Å². The van der Waals surface area contributed by atoms with Crippen LogP contribution in [0.3, 0.4) is 0 Å². The average Bonchev–Trinajstić information content (AvgIpc) is 3.02. The lowest BCUT2D eigenvalue weighted by molar-refractivity contribution is 0.0728. The quantitative estimate of drug-likeness (QED) is 0.854. The van der Waals surface area contributed by atoms with Crippen LogP contribution in [0.4, 0.5) is 8.78 Å². The second-order valence-corrected chi connectivity index (χ2v) is 6.46. The van der Waals surface area contributed by atoms with Crippen LogP contribution >= 0.6 is 0 Å². The van der Waals surface area contributed by atoms with Gasteiger partial charge in [0, 0.05) is 30.9 Å². The number of aromatic nitrogens is 2. The highest BCUT2D eigenvalue weighted by atomic mass is 19.1. The molecule has 0 saturated carbocycles. The number of carbonyl (C=O) groups excluding carboxylic acids is 1. The molecule has 5 nitrogen and oxygen atoms in total. The van der Waals surface area contributed by atoms with Crippen molar-refractivity contribution in [3.63, 3.8) is 0 Å². The molecular formula is C18H20F2N4O. The molecule has 0 aliphatic carbocycles. The van der Waals surface area contributed by atoms with Crippen molar-refractivity contribution in [3.05, 3.63) is 59.2 Å². The van der Waals surface area contributed by atoms with Crippen LogP contribution in [0.5, 0.6) is 0 Å². The summed E-state index contributed by atoms with van der Waals surface area (Å²) in [6, 6.07) is 4.44. The Labute approximate surface area is 145 Å². The maximum Gasteiger partial charge on any atom is 0.254 e. The molecule has 1 unspecified atom stereocenters. The Kier molecular flexibility index (Phi) is 5.03. The van der Waals surface area contributed by atoms with Crippen molar-refractivity contribution in [1.29, 1.82) is 0 Å². The van der Waals surface area contributed by atoms with Crippen molar-refractivity contribution in [2.24, 2.45) is 0 Å². The monoisotopic (exact) mass is 346 g/mol. The highest BCUT2D eigenvalue weighted by Gasteiger charge is 2.33. The number of amides is 1. The number of hydrogen-bond acceptors (Lipinski definition) is 4. The Morgan fingerprint density at radius 2 is 2.00 bits per heavy atom. The molecule has 1 aromatic heterocycles. The van der Waals surface area contributed by atoms with Crippen molar-refractivity contribution >= 4 is 5.91 Å². The fraction of sp³-hybridized carbons (Fsp3) is 0.389. The molecule has 1 amide bonds. The molecule has 1 saturated heterocycles. The lowest BCUT2D eigenvalue weighted by Gasteiger charge is -2.24. The van der Waals surface area contributed by atoms with Crippen LogP contribution in [0.25, 0.3) is 0 Å². The highest BCUT2D eigenvalue weighted by Crippen LogP contribution is 2.31. The van der Waals surface area contributed by atoms with Gasteiger partial charge in [-0.15, -0.1) is 0 Å². The molecule has 1 aliphatic heterocycles. The topological polar surface area (TPSA) is 49.3 Å². The maximum atomic E-state index is 13.4. The first-order valence-electron chi connectivity index (χ1n) is 8.17. The molecular weight excluding hydrogens is 326 g/mol. The van der Waals surface area contributed by atoms with Gasteiger partial charge in [-0.25, -0.2) is 18.7 Å². The van der Waals surface area contributed by atoms with Crippen LogP contribution in [-0.4, -0.2) is 46.3 Å². The van der Waals surface area contributed by atoms with Crippen LogP contribution in [0.15, 0.2) is 30.5 Å². The summed E-state index contributed by atoms with van der Waals surface area (Å²) in [5.74, 6) is -1.35. The third-order valence-corrected chi connectivity index (χ3v) is 4.13. The lowest BCUT2D eigenvalue weighted by atomic mass is 10.1. The number of rotatable bonds is 4. The Morgan fingerprint density at radius 1 is 1.28 bits per heavy atom. The fourth-order valence-electron chi connectivity index (χ4n) is 3.11. The Balaban J connectivity index is 1.86. The van der Waals surface area contributed by atoms with Crippen molar-refractivity contribution < 1.29 is 13.6 Å². The summed E-state index contributed by atoms with van der Waals surface area (Å²) in [7, 11) is 3.90. The number of hydrogen-bond donors (Lipinski definition) is 0. The van der Waals surface area contributed by atoms with E-state index in [1.54, 1.807) is 11.1 Å². The summed E-state index contributed by atoms with van der Waals surface area (Å²) in [6.07, 6.45) is 3.22. The number of halogens is 2. The Morgan fingerprint density at radius 3 is 2.68 bits per heavy atom. The fourth-order valence-corrected chi connectivity index (χ4v) is 3.11. The highest BCUT2D eigenvalue weighted by molar-refractivity contribution is 5.94. The van der Waals surface area contributed by atoms with E-state index in [1.165, 1.54) is 0 Å². The molecule has 0 spiro atoms. The summed E-state index contributed by atoms with van der Waals surface area (Å²) in [5, 5.41) is 0. The second-order valence-electron chi connectivity index (χ2n) is 6.46. The molecule has 0 radical (unpaired) electrons. The van der Waals surface area contributed by atoms with Crippen LogP contribution < -0.4 is 0 Å². The molecule has 2 aromatic rings. The standard InChI is InChI=1S/C18H20F2N4O/c1-23(2)11-15-5-6-21-17(22-15)16-4-3-7-24(16)18(25)12-8-13(19)10-14(20)9-12/h5-6,8-10,16H,3-4,7,11H2,1-2H3. The summed E-state index contributed by atoms with van der Waals surface area (Å²) < 4.78 is 26.9. The molecule has 0 bridgehead atoms. The van der Waals surface area contributed by atoms with Gasteiger partial charge in [0.05, 0.1) is 11.7 Å². The third kappa shape index (κ3) is 3.99. The summed E-state index contributed by atoms with van der Waals surface area (Å²) >= 11 is 0.